The molecule has 11 heavy (non-hydrogen) atoms. The van der Waals surface area contributed by atoms with Gasteiger partial charge in [0, 0.05) is 0 Å². The van der Waals surface area contributed by atoms with Crippen molar-refractivity contribution in [3.63, 3.8) is 0 Å². The van der Waals surface area contributed by atoms with Crippen LogP contribution in [0.1, 0.15) is 38.5 Å². The van der Waals surface area contributed by atoms with Crippen molar-refractivity contribution in [2.45, 2.75) is 38.5 Å². The Labute approximate surface area is 83.6 Å². The third-order valence-electron chi connectivity index (χ3n) is 2.56. The van der Waals surface area contributed by atoms with E-state index in [1.54, 1.807) is 0 Å². The Kier molecular flexibility index (Phi) is 4.50. The first-order valence-corrected chi connectivity index (χ1v) is 6.11. The molecule has 0 nitrogen and oxygen atoms in total. The van der Waals surface area contributed by atoms with Crippen LogP contribution in [0.15, 0.2) is 12.2 Å². The second-order valence-electron chi connectivity index (χ2n) is 3.43. The average Bonchev–Trinajstić information content (AvgIpc) is 2.03. The molecule has 1 aliphatic rings. The van der Waals surface area contributed by atoms with E-state index in [1.165, 1.54) is 48.5 Å². The first-order chi connectivity index (χ1) is 5.34. The second-order valence-corrected chi connectivity index (χ2v) is 4.51. The normalized spacial score (nSPS) is 25.5. The molecular formula is C10H17I. The van der Waals surface area contributed by atoms with Crippen LogP contribution in [-0.2, 0) is 0 Å². The molecule has 1 saturated carbocycles. The molecule has 1 heteroatoms. The van der Waals surface area contributed by atoms with Crippen LogP contribution in [0.3, 0.4) is 0 Å². The maximum atomic E-state index is 4.15. The summed E-state index contributed by atoms with van der Waals surface area (Å²) in [5.41, 5.74) is 1.53. The van der Waals surface area contributed by atoms with E-state index in [0.29, 0.717) is 0 Å². The van der Waals surface area contributed by atoms with Gasteiger partial charge in [0.05, 0.1) is 0 Å². The van der Waals surface area contributed by atoms with Gasteiger partial charge in [-0.1, -0.05) is 41.2 Å². The summed E-state index contributed by atoms with van der Waals surface area (Å²) in [5, 5.41) is 0. The van der Waals surface area contributed by atoms with Crippen molar-refractivity contribution in [2.75, 3.05) is 4.43 Å². The van der Waals surface area contributed by atoms with Crippen molar-refractivity contribution < 1.29 is 0 Å². The molecule has 0 aliphatic heterocycles. The Bertz CT molecular complexity index is 129. The van der Waals surface area contributed by atoms with E-state index < -0.39 is 0 Å². The lowest BCUT2D eigenvalue weighted by atomic mass is 9.83. The molecule has 1 rings (SSSR count). The van der Waals surface area contributed by atoms with Crippen molar-refractivity contribution in [3.8, 4) is 0 Å². The molecule has 1 aliphatic carbocycles. The first-order valence-electron chi connectivity index (χ1n) is 4.58. The number of rotatable bonds is 3. The topological polar surface area (TPSA) is 0 Å². The van der Waals surface area contributed by atoms with E-state index in [4.69, 9.17) is 0 Å². The number of allylic oxidation sites excluding steroid dienone is 1. The van der Waals surface area contributed by atoms with Gasteiger partial charge in [0.1, 0.15) is 0 Å². The maximum absolute atomic E-state index is 4.15. The van der Waals surface area contributed by atoms with E-state index in [2.05, 4.69) is 29.2 Å². The van der Waals surface area contributed by atoms with Crippen LogP contribution in [0.25, 0.3) is 0 Å². The quantitative estimate of drug-likeness (QED) is 0.411. The molecule has 0 N–H and O–H groups in total. The van der Waals surface area contributed by atoms with E-state index >= 15 is 0 Å². The molecule has 64 valence electrons. The SMILES string of the molecule is C=C1CCCCC1CCCI. The summed E-state index contributed by atoms with van der Waals surface area (Å²) < 4.78 is 1.31. The van der Waals surface area contributed by atoms with Gasteiger partial charge in [-0.05, 0) is 42.4 Å². The minimum Gasteiger partial charge on any atom is -0.0996 e. The monoisotopic (exact) mass is 264 g/mol. The lowest BCUT2D eigenvalue weighted by molar-refractivity contribution is 0.428. The summed E-state index contributed by atoms with van der Waals surface area (Å²) in [6.07, 6.45) is 8.30. The summed E-state index contributed by atoms with van der Waals surface area (Å²) in [6.45, 7) is 4.15. The van der Waals surface area contributed by atoms with Crippen molar-refractivity contribution in [2.24, 2.45) is 5.92 Å². The smallest absolute Gasteiger partial charge is 0.000451 e. The van der Waals surface area contributed by atoms with Gasteiger partial charge in [0.15, 0.2) is 0 Å². The van der Waals surface area contributed by atoms with Crippen LogP contribution in [-0.4, -0.2) is 4.43 Å². The molecule has 0 aromatic heterocycles. The zero-order chi connectivity index (χ0) is 8.10. The van der Waals surface area contributed by atoms with E-state index in [-0.39, 0.29) is 0 Å². The Hall–Kier alpha value is 0.470. The molecule has 0 spiro atoms. The van der Waals surface area contributed by atoms with Crippen LogP contribution >= 0.6 is 22.6 Å². The fraction of sp³-hybridized carbons (Fsp3) is 0.800. The van der Waals surface area contributed by atoms with Gasteiger partial charge in [-0.15, -0.1) is 0 Å². The van der Waals surface area contributed by atoms with Gasteiger partial charge < -0.3 is 0 Å². The predicted molar refractivity (Wildman–Crippen MR) is 59.2 cm³/mol. The van der Waals surface area contributed by atoms with Gasteiger partial charge in [-0.2, -0.15) is 0 Å². The highest BCUT2D eigenvalue weighted by molar-refractivity contribution is 14.1. The lowest BCUT2D eigenvalue weighted by Gasteiger charge is -2.23. The maximum Gasteiger partial charge on any atom is -0.000451 e. The lowest BCUT2D eigenvalue weighted by Crippen LogP contribution is -2.09. The van der Waals surface area contributed by atoms with Gasteiger partial charge in [0.25, 0.3) is 0 Å². The van der Waals surface area contributed by atoms with Crippen LogP contribution in [0.2, 0.25) is 0 Å². The van der Waals surface area contributed by atoms with Crippen LogP contribution in [0.4, 0.5) is 0 Å². The Morgan fingerprint density at radius 1 is 1.45 bits per heavy atom. The second kappa shape index (κ2) is 5.18. The van der Waals surface area contributed by atoms with E-state index in [0.717, 1.165) is 5.92 Å². The third kappa shape index (κ3) is 3.14. The van der Waals surface area contributed by atoms with E-state index in [9.17, 15) is 0 Å². The summed E-state index contributed by atoms with van der Waals surface area (Å²) >= 11 is 2.46. The molecule has 0 aromatic rings. The molecule has 1 unspecified atom stereocenters. The molecule has 1 atom stereocenters. The van der Waals surface area contributed by atoms with Gasteiger partial charge in [-0.25, -0.2) is 0 Å². The molecule has 0 radical (unpaired) electrons. The molecule has 0 bridgehead atoms. The van der Waals surface area contributed by atoms with Gasteiger partial charge >= 0.3 is 0 Å². The Balaban J connectivity index is 2.24. The summed E-state index contributed by atoms with van der Waals surface area (Å²) in [5.74, 6) is 0.874. The highest BCUT2D eigenvalue weighted by Gasteiger charge is 2.15. The fourth-order valence-electron chi connectivity index (χ4n) is 1.82. The highest BCUT2D eigenvalue weighted by Crippen LogP contribution is 2.31. The molecule has 0 heterocycles. The molecule has 0 saturated heterocycles. The highest BCUT2D eigenvalue weighted by atomic mass is 127. The van der Waals surface area contributed by atoms with E-state index in [1.807, 2.05) is 0 Å². The van der Waals surface area contributed by atoms with Crippen LogP contribution in [0.5, 0.6) is 0 Å². The molecular weight excluding hydrogens is 247 g/mol. The molecule has 0 aromatic carbocycles. The van der Waals surface area contributed by atoms with Crippen molar-refractivity contribution in [1.82, 2.24) is 0 Å². The summed E-state index contributed by atoms with van der Waals surface area (Å²) in [4.78, 5) is 0. The number of halogens is 1. The third-order valence-corrected chi connectivity index (χ3v) is 3.33. The minimum absolute atomic E-state index is 0.874. The minimum atomic E-state index is 0.874. The number of alkyl halides is 1. The number of hydrogen-bond acceptors (Lipinski definition) is 0. The average molecular weight is 264 g/mol. The zero-order valence-electron chi connectivity index (χ0n) is 7.11. The zero-order valence-corrected chi connectivity index (χ0v) is 9.27. The first kappa shape index (κ1) is 9.56. The molecule has 0 amide bonds. The fourth-order valence-corrected chi connectivity index (χ4v) is 2.26. The van der Waals surface area contributed by atoms with Crippen LogP contribution in [0, 0.1) is 5.92 Å². The van der Waals surface area contributed by atoms with Crippen molar-refractivity contribution in [3.05, 3.63) is 12.2 Å². The standard InChI is InChI=1S/C10H17I/c1-9-5-2-3-6-10(9)7-4-8-11/h10H,1-8H2. The van der Waals surface area contributed by atoms with Crippen molar-refractivity contribution >= 4 is 22.6 Å². The Morgan fingerprint density at radius 2 is 2.27 bits per heavy atom. The molecule has 1 fully saturated rings. The number of hydrogen-bond donors (Lipinski definition) is 0. The summed E-state index contributed by atoms with van der Waals surface area (Å²) in [7, 11) is 0. The summed E-state index contributed by atoms with van der Waals surface area (Å²) in [6, 6.07) is 0. The van der Waals surface area contributed by atoms with Gasteiger partial charge in [-0.3, -0.25) is 0 Å². The predicted octanol–water partition coefficient (Wildman–Crippen LogP) is 3.95. The largest absolute Gasteiger partial charge is 0.0996 e. The van der Waals surface area contributed by atoms with Gasteiger partial charge in [0.2, 0.25) is 0 Å². The van der Waals surface area contributed by atoms with Crippen LogP contribution < -0.4 is 0 Å². The van der Waals surface area contributed by atoms with Crippen molar-refractivity contribution in [1.29, 1.82) is 0 Å². The Morgan fingerprint density at radius 3 is 2.91 bits per heavy atom.